The molecule has 0 N–H and O–H groups in total. The van der Waals surface area contributed by atoms with Gasteiger partial charge in [0.1, 0.15) is 0 Å². The maximum Gasteiger partial charge on any atom is 0.344 e. The number of unbranched alkanes of at least 4 members (excludes halogenated alkanes) is 3. The van der Waals surface area contributed by atoms with Gasteiger partial charge in [0.05, 0.1) is 5.39 Å². The van der Waals surface area contributed by atoms with E-state index in [9.17, 15) is 4.79 Å². The molecule has 1 aliphatic carbocycles. The van der Waals surface area contributed by atoms with E-state index in [-0.39, 0.29) is 11.4 Å². The fourth-order valence-electron chi connectivity index (χ4n) is 5.12. The molecule has 0 saturated heterocycles. The molecule has 4 rings (SSSR count). The second-order valence-electron chi connectivity index (χ2n) is 9.05. The molecule has 2 aromatic carbocycles. The normalized spacial score (nSPS) is 19.6. The molecule has 0 atom stereocenters. The van der Waals surface area contributed by atoms with Crippen molar-refractivity contribution in [2.75, 3.05) is 0 Å². The summed E-state index contributed by atoms with van der Waals surface area (Å²) in [7, 11) is 0. The van der Waals surface area contributed by atoms with Crippen molar-refractivity contribution in [3.05, 3.63) is 57.7 Å². The third-order valence-electron chi connectivity index (χ3n) is 7.12. The molecule has 1 saturated carbocycles. The Kier molecular flexibility index (Phi) is 6.55. The van der Waals surface area contributed by atoms with Gasteiger partial charge in [-0.3, -0.25) is 0 Å². The lowest BCUT2D eigenvalue weighted by molar-refractivity contribution is 0.319. The van der Waals surface area contributed by atoms with E-state index in [0.717, 1.165) is 37.0 Å². The Morgan fingerprint density at radius 1 is 0.933 bits per heavy atom. The number of fused-ring (bicyclic) bond motifs is 3. The van der Waals surface area contributed by atoms with Crippen LogP contribution in [0.5, 0.6) is 0 Å². The van der Waals surface area contributed by atoms with E-state index in [1.807, 2.05) is 24.3 Å². The molecule has 0 unspecified atom stereocenters. The van der Waals surface area contributed by atoms with Crippen molar-refractivity contribution < 1.29 is 8.81 Å². The Morgan fingerprint density at radius 2 is 1.70 bits per heavy atom. The standard InChI is InChI=1S/C27H33FO2/c1-3-5-6-7-8-20-13-16-23-22-15-14-21(19-11-9-18(4-2)10-12-19)17-24(22)27(29)30-26(23)25(20)28/h13-19H,3-12H2,1-2H3. The highest BCUT2D eigenvalue weighted by atomic mass is 19.1. The smallest absolute Gasteiger partial charge is 0.344 e. The largest absolute Gasteiger partial charge is 0.419 e. The molecule has 0 aliphatic heterocycles. The summed E-state index contributed by atoms with van der Waals surface area (Å²) in [4.78, 5) is 12.8. The van der Waals surface area contributed by atoms with Gasteiger partial charge < -0.3 is 4.42 Å². The fraction of sp³-hybridized carbons (Fsp3) is 0.519. The summed E-state index contributed by atoms with van der Waals surface area (Å²) in [5.41, 5.74) is 1.54. The third-order valence-corrected chi connectivity index (χ3v) is 7.12. The van der Waals surface area contributed by atoms with Crippen molar-refractivity contribution in [2.24, 2.45) is 5.92 Å². The summed E-state index contributed by atoms with van der Waals surface area (Å²) in [5.74, 6) is 0.981. The molecule has 0 radical (unpaired) electrons. The zero-order valence-corrected chi connectivity index (χ0v) is 18.3. The van der Waals surface area contributed by atoms with E-state index in [4.69, 9.17) is 4.42 Å². The van der Waals surface area contributed by atoms with Gasteiger partial charge in [0, 0.05) is 10.8 Å². The molecule has 0 spiro atoms. The molecule has 2 nitrogen and oxygen atoms in total. The van der Waals surface area contributed by atoms with E-state index >= 15 is 4.39 Å². The molecule has 3 heteroatoms. The summed E-state index contributed by atoms with van der Waals surface area (Å²) in [6, 6.07) is 9.91. The van der Waals surface area contributed by atoms with E-state index in [2.05, 4.69) is 19.9 Å². The number of halogens is 1. The highest BCUT2D eigenvalue weighted by Gasteiger charge is 2.22. The van der Waals surface area contributed by atoms with Crippen LogP contribution in [0.15, 0.2) is 39.5 Å². The number of rotatable bonds is 7. The first-order valence-corrected chi connectivity index (χ1v) is 11.8. The van der Waals surface area contributed by atoms with Crippen LogP contribution in [-0.4, -0.2) is 0 Å². The maximum absolute atomic E-state index is 15.1. The highest BCUT2D eigenvalue weighted by Crippen LogP contribution is 2.38. The van der Waals surface area contributed by atoms with E-state index in [1.54, 1.807) is 0 Å². The molecule has 0 bridgehead atoms. The molecule has 30 heavy (non-hydrogen) atoms. The lowest BCUT2D eigenvalue weighted by atomic mass is 9.77. The van der Waals surface area contributed by atoms with E-state index in [0.29, 0.717) is 28.7 Å². The van der Waals surface area contributed by atoms with Gasteiger partial charge in [-0.25, -0.2) is 9.18 Å². The van der Waals surface area contributed by atoms with Gasteiger partial charge in [-0.05, 0) is 67.6 Å². The minimum absolute atomic E-state index is 0.108. The average Bonchev–Trinajstić information content (AvgIpc) is 2.78. The van der Waals surface area contributed by atoms with Crippen molar-refractivity contribution in [3.8, 4) is 0 Å². The molecular weight excluding hydrogens is 375 g/mol. The summed E-state index contributed by atoms with van der Waals surface area (Å²) >= 11 is 0. The zero-order valence-electron chi connectivity index (χ0n) is 18.3. The predicted octanol–water partition coefficient (Wildman–Crippen LogP) is 7.89. The van der Waals surface area contributed by atoms with Crippen LogP contribution < -0.4 is 5.63 Å². The van der Waals surface area contributed by atoms with Crippen LogP contribution in [0.2, 0.25) is 0 Å². The van der Waals surface area contributed by atoms with Crippen LogP contribution in [0.25, 0.3) is 21.7 Å². The molecule has 1 heterocycles. The second-order valence-corrected chi connectivity index (χ2v) is 9.05. The van der Waals surface area contributed by atoms with Gasteiger partial charge in [-0.2, -0.15) is 0 Å². The quantitative estimate of drug-likeness (QED) is 0.226. The Labute approximate surface area is 178 Å². The van der Waals surface area contributed by atoms with Crippen molar-refractivity contribution in [1.82, 2.24) is 0 Å². The maximum atomic E-state index is 15.1. The van der Waals surface area contributed by atoms with Crippen molar-refractivity contribution >= 4 is 21.7 Å². The molecular formula is C27H33FO2. The Bertz CT molecular complexity index is 1070. The third kappa shape index (κ3) is 4.17. The molecule has 160 valence electrons. The van der Waals surface area contributed by atoms with Crippen LogP contribution in [0.4, 0.5) is 4.39 Å². The second kappa shape index (κ2) is 9.32. The predicted molar refractivity (Wildman–Crippen MR) is 123 cm³/mol. The van der Waals surface area contributed by atoms with Crippen LogP contribution in [0, 0.1) is 11.7 Å². The van der Waals surface area contributed by atoms with Crippen LogP contribution in [0.3, 0.4) is 0 Å². The zero-order chi connectivity index (χ0) is 21.1. The van der Waals surface area contributed by atoms with Gasteiger partial charge in [-0.15, -0.1) is 0 Å². The minimum atomic E-state index is -0.427. The first-order chi connectivity index (χ1) is 14.6. The summed E-state index contributed by atoms with van der Waals surface area (Å²) in [6.45, 7) is 4.44. The van der Waals surface area contributed by atoms with Gasteiger partial charge in [0.25, 0.3) is 0 Å². The molecule has 3 aromatic rings. The number of benzene rings is 2. The summed E-state index contributed by atoms with van der Waals surface area (Å²) in [6.07, 6.45) is 11.2. The van der Waals surface area contributed by atoms with Crippen LogP contribution >= 0.6 is 0 Å². The summed E-state index contributed by atoms with van der Waals surface area (Å²) < 4.78 is 20.6. The van der Waals surface area contributed by atoms with Gasteiger partial charge >= 0.3 is 5.63 Å². The summed E-state index contributed by atoms with van der Waals surface area (Å²) in [5, 5.41) is 2.07. The fourth-order valence-corrected chi connectivity index (χ4v) is 5.12. The van der Waals surface area contributed by atoms with Crippen molar-refractivity contribution in [2.45, 2.75) is 84.0 Å². The Balaban J connectivity index is 1.66. The van der Waals surface area contributed by atoms with Crippen LogP contribution in [0.1, 0.15) is 88.7 Å². The Hall–Kier alpha value is -2.16. The number of aryl methyl sites for hydroxylation is 1. The lowest BCUT2D eigenvalue weighted by Crippen LogP contribution is -2.13. The lowest BCUT2D eigenvalue weighted by Gasteiger charge is -2.28. The van der Waals surface area contributed by atoms with Gasteiger partial charge in [0.15, 0.2) is 11.4 Å². The number of hydrogen-bond donors (Lipinski definition) is 0. The van der Waals surface area contributed by atoms with Crippen molar-refractivity contribution in [1.29, 1.82) is 0 Å². The van der Waals surface area contributed by atoms with E-state index < -0.39 is 5.63 Å². The average molecular weight is 409 g/mol. The van der Waals surface area contributed by atoms with Gasteiger partial charge in [0.2, 0.25) is 0 Å². The molecule has 1 fully saturated rings. The van der Waals surface area contributed by atoms with Gasteiger partial charge in [-0.1, -0.05) is 63.8 Å². The minimum Gasteiger partial charge on any atom is -0.419 e. The topological polar surface area (TPSA) is 30.2 Å². The highest BCUT2D eigenvalue weighted by molar-refractivity contribution is 6.04. The Morgan fingerprint density at radius 3 is 2.43 bits per heavy atom. The first kappa shape index (κ1) is 21.1. The molecule has 1 aromatic heterocycles. The molecule has 0 amide bonds. The van der Waals surface area contributed by atoms with Crippen molar-refractivity contribution in [3.63, 3.8) is 0 Å². The first-order valence-electron chi connectivity index (χ1n) is 11.8. The molecule has 1 aliphatic rings. The SMILES string of the molecule is CCCCCCc1ccc2c(oc(=O)c3cc(C4CCC(CC)CC4)ccc32)c1F. The number of hydrogen-bond acceptors (Lipinski definition) is 2. The van der Waals surface area contributed by atoms with E-state index in [1.165, 1.54) is 37.7 Å². The monoisotopic (exact) mass is 408 g/mol. The van der Waals surface area contributed by atoms with Crippen LogP contribution in [-0.2, 0) is 6.42 Å².